The molecule has 0 N–H and O–H groups in total. The van der Waals surface area contributed by atoms with Crippen LogP contribution in [0.25, 0.3) is 11.0 Å². The SMILES string of the molecule is COC(=O)CC(c1ccc(C)c(CN(C)S(=O)(=O)c2ccccc2)c1)c1ccc2c(c1)nnn2C. The normalized spacial score (nSPS) is 12.7. The van der Waals surface area contributed by atoms with Crippen LogP contribution in [0.2, 0.25) is 0 Å². The third kappa shape index (κ3) is 5.11. The van der Waals surface area contributed by atoms with E-state index in [-0.39, 0.29) is 29.7 Å². The van der Waals surface area contributed by atoms with Crippen LogP contribution in [-0.4, -0.2) is 47.8 Å². The zero-order chi connectivity index (χ0) is 25.2. The van der Waals surface area contributed by atoms with Gasteiger partial charge in [0.1, 0.15) is 5.52 Å². The van der Waals surface area contributed by atoms with E-state index in [0.29, 0.717) is 0 Å². The van der Waals surface area contributed by atoms with Crippen molar-refractivity contribution in [2.75, 3.05) is 14.2 Å². The number of ether oxygens (including phenoxy) is 1. The van der Waals surface area contributed by atoms with Crippen LogP contribution in [0.5, 0.6) is 0 Å². The van der Waals surface area contributed by atoms with E-state index < -0.39 is 10.0 Å². The Kier molecular flexibility index (Phi) is 7.00. The van der Waals surface area contributed by atoms with Crippen LogP contribution in [0.1, 0.15) is 34.6 Å². The quantitative estimate of drug-likeness (QED) is 0.347. The molecule has 0 saturated carbocycles. The number of rotatable bonds is 8. The van der Waals surface area contributed by atoms with Gasteiger partial charge >= 0.3 is 5.97 Å². The highest BCUT2D eigenvalue weighted by molar-refractivity contribution is 7.89. The molecule has 35 heavy (non-hydrogen) atoms. The van der Waals surface area contributed by atoms with Gasteiger partial charge < -0.3 is 4.74 Å². The van der Waals surface area contributed by atoms with Gasteiger partial charge in [0.15, 0.2) is 0 Å². The first-order chi connectivity index (χ1) is 16.7. The Balaban J connectivity index is 1.70. The van der Waals surface area contributed by atoms with Crippen LogP contribution in [-0.2, 0) is 33.1 Å². The summed E-state index contributed by atoms with van der Waals surface area (Å²) in [6.07, 6.45) is 0.142. The van der Waals surface area contributed by atoms with Gasteiger partial charge in [-0.25, -0.2) is 13.1 Å². The molecule has 0 aliphatic heterocycles. The van der Waals surface area contributed by atoms with E-state index in [1.54, 1.807) is 42.1 Å². The topological polar surface area (TPSA) is 94.4 Å². The Morgan fingerprint density at radius 1 is 1.06 bits per heavy atom. The summed E-state index contributed by atoms with van der Waals surface area (Å²) in [5.41, 5.74) is 5.25. The highest BCUT2D eigenvalue weighted by Crippen LogP contribution is 2.32. The van der Waals surface area contributed by atoms with Crippen molar-refractivity contribution in [3.8, 4) is 0 Å². The van der Waals surface area contributed by atoms with Crippen LogP contribution in [0.3, 0.4) is 0 Å². The minimum absolute atomic E-state index is 0.142. The lowest BCUT2D eigenvalue weighted by molar-refractivity contribution is -0.140. The molecule has 1 unspecified atom stereocenters. The molecule has 0 amide bonds. The van der Waals surface area contributed by atoms with Gasteiger partial charge in [-0.05, 0) is 53.4 Å². The molecular formula is C26H28N4O4S. The summed E-state index contributed by atoms with van der Waals surface area (Å²) in [5.74, 6) is -0.621. The minimum atomic E-state index is -3.64. The predicted octanol–water partition coefficient (Wildman–Crippen LogP) is 3.79. The fourth-order valence-corrected chi connectivity index (χ4v) is 5.30. The molecule has 8 nitrogen and oxygen atoms in total. The number of nitrogens with zero attached hydrogens (tertiary/aromatic N) is 4. The number of aromatic nitrogens is 3. The van der Waals surface area contributed by atoms with Gasteiger partial charge in [0.25, 0.3) is 0 Å². The Hall–Kier alpha value is -3.56. The number of hydrogen-bond acceptors (Lipinski definition) is 6. The van der Waals surface area contributed by atoms with Crippen LogP contribution in [0, 0.1) is 6.92 Å². The van der Waals surface area contributed by atoms with Crippen molar-refractivity contribution in [1.29, 1.82) is 0 Å². The molecular weight excluding hydrogens is 464 g/mol. The van der Waals surface area contributed by atoms with Gasteiger partial charge in [0.05, 0.1) is 23.9 Å². The van der Waals surface area contributed by atoms with Gasteiger partial charge in [-0.15, -0.1) is 5.10 Å². The van der Waals surface area contributed by atoms with Crippen molar-refractivity contribution in [2.45, 2.75) is 30.7 Å². The van der Waals surface area contributed by atoms with Crippen molar-refractivity contribution < 1.29 is 17.9 Å². The molecule has 3 aromatic carbocycles. The van der Waals surface area contributed by atoms with Crippen molar-refractivity contribution in [3.05, 3.63) is 89.0 Å². The lowest BCUT2D eigenvalue weighted by Crippen LogP contribution is -2.27. The van der Waals surface area contributed by atoms with Gasteiger partial charge in [-0.3, -0.25) is 4.79 Å². The standard InChI is InChI=1S/C26H28N4O4S/c1-18-10-11-19(14-21(18)17-29(2)35(32,33)22-8-6-5-7-9-22)23(16-26(31)34-4)20-12-13-25-24(15-20)27-28-30(25)3/h5-15,23H,16-17H2,1-4H3. The fraction of sp³-hybridized carbons (Fsp3) is 0.269. The first-order valence-corrected chi connectivity index (χ1v) is 12.6. The molecule has 182 valence electrons. The van der Waals surface area contributed by atoms with Gasteiger partial charge in [0, 0.05) is 26.6 Å². The predicted molar refractivity (Wildman–Crippen MR) is 133 cm³/mol. The van der Waals surface area contributed by atoms with Crippen molar-refractivity contribution >= 4 is 27.0 Å². The van der Waals surface area contributed by atoms with Crippen molar-refractivity contribution in [1.82, 2.24) is 19.3 Å². The first-order valence-electron chi connectivity index (χ1n) is 11.2. The summed E-state index contributed by atoms with van der Waals surface area (Å²) in [6.45, 7) is 2.15. The monoisotopic (exact) mass is 492 g/mol. The van der Waals surface area contributed by atoms with E-state index in [2.05, 4.69) is 10.3 Å². The number of methoxy groups -OCH3 is 1. The van der Waals surface area contributed by atoms with Crippen LogP contribution >= 0.6 is 0 Å². The van der Waals surface area contributed by atoms with Gasteiger partial charge in [-0.2, -0.15) is 4.31 Å². The van der Waals surface area contributed by atoms with E-state index in [1.165, 1.54) is 11.4 Å². The number of hydrogen-bond donors (Lipinski definition) is 0. The summed E-state index contributed by atoms with van der Waals surface area (Å²) < 4.78 is 34.1. The lowest BCUT2D eigenvalue weighted by atomic mass is 9.86. The summed E-state index contributed by atoms with van der Waals surface area (Å²) in [6, 6.07) is 20.1. The fourth-order valence-electron chi connectivity index (χ4n) is 4.13. The molecule has 1 heterocycles. The second-order valence-electron chi connectivity index (χ2n) is 8.55. The number of aryl methyl sites for hydroxylation is 2. The molecule has 9 heteroatoms. The van der Waals surface area contributed by atoms with E-state index in [1.807, 2.05) is 50.4 Å². The van der Waals surface area contributed by atoms with E-state index in [9.17, 15) is 13.2 Å². The van der Waals surface area contributed by atoms with E-state index in [0.717, 1.165) is 33.3 Å². The molecule has 1 aromatic heterocycles. The Morgan fingerprint density at radius 2 is 1.74 bits per heavy atom. The third-order valence-corrected chi connectivity index (χ3v) is 8.07. The zero-order valence-electron chi connectivity index (χ0n) is 20.2. The van der Waals surface area contributed by atoms with Crippen molar-refractivity contribution in [3.63, 3.8) is 0 Å². The largest absolute Gasteiger partial charge is 0.469 e. The van der Waals surface area contributed by atoms with Gasteiger partial charge in [0.2, 0.25) is 10.0 Å². The number of carbonyl (C=O) groups excluding carboxylic acids is 1. The summed E-state index contributed by atoms with van der Waals surface area (Å²) >= 11 is 0. The first kappa shape index (κ1) is 24.6. The zero-order valence-corrected chi connectivity index (χ0v) is 21.0. The molecule has 0 radical (unpaired) electrons. The molecule has 0 fully saturated rings. The van der Waals surface area contributed by atoms with Crippen LogP contribution in [0.15, 0.2) is 71.6 Å². The lowest BCUT2D eigenvalue weighted by Gasteiger charge is -2.22. The average molecular weight is 493 g/mol. The second-order valence-corrected chi connectivity index (χ2v) is 10.6. The highest BCUT2D eigenvalue weighted by Gasteiger charge is 2.24. The number of sulfonamides is 1. The van der Waals surface area contributed by atoms with Crippen molar-refractivity contribution in [2.24, 2.45) is 7.05 Å². The second kappa shape index (κ2) is 9.97. The number of carbonyl (C=O) groups is 1. The van der Waals surface area contributed by atoms with E-state index in [4.69, 9.17) is 4.74 Å². The molecule has 0 saturated heterocycles. The molecule has 0 bridgehead atoms. The molecule has 0 aliphatic rings. The van der Waals surface area contributed by atoms with Gasteiger partial charge in [-0.1, -0.05) is 47.7 Å². The Bertz CT molecular complexity index is 1470. The number of esters is 1. The Morgan fingerprint density at radius 3 is 2.46 bits per heavy atom. The summed E-state index contributed by atoms with van der Waals surface area (Å²) in [4.78, 5) is 12.6. The van der Waals surface area contributed by atoms with Crippen LogP contribution in [0.4, 0.5) is 0 Å². The summed E-state index contributed by atoms with van der Waals surface area (Å²) in [5, 5.41) is 8.27. The maximum absolute atomic E-state index is 13.0. The average Bonchev–Trinajstić information content (AvgIpc) is 3.24. The third-order valence-electron chi connectivity index (χ3n) is 6.26. The number of fused-ring (bicyclic) bond motifs is 1. The highest BCUT2D eigenvalue weighted by atomic mass is 32.2. The summed E-state index contributed by atoms with van der Waals surface area (Å²) in [7, 11) is 1.13. The Labute approximate surface area is 205 Å². The molecule has 4 rings (SSSR count). The molecule has 0 spiro atoms. The molecule has 4 aromatic rings. The smallest absolute Gasteiger partial charge is 0.306 e. The molecule has 0 aliphatic carbocycles. The maximum atomic E-state index is 13.0. The minimum Gasteiger partial charge on any atom is -0.469 e. The maximum Gasteiger partial charge on any atom is 0.306 e. The molecule has 1 atom stereocenters. The van der Waals surface area contributed by atoms with Crippen LogP contribution < -0.4 is 0 Å². The number of benzene rings is 3. The van der Waals surface area contributed by atoms with E-state index >= 15 is 0 Å².